The zero-order chi connectivity index (χ0) is 7.49. The van der Waals surface area contributed by atoms with Gasteiger partial charge in [-0.25, -0.2) is 8.42 Å². The normalized spacial score (nSPS) is 13.4. The summed E-state index contributed by atoms with van der Waals surface area (Å²) in [6, 6.07) is 0. The molecule has 0 heterocycles. The molecule has 0 aliphatic rings. The van der Waals surface area contributed by atoms with Crippen LogP contribution in [0.1, 0.15) is 0 Å². The maximum absolute atomic E-state index is 10.6. The highest BCUT2D eigenvalue weighted by atomic mass is 32.2. The minimum absolute atomic E-state index is 0.0162. The molecule has 4 nitrogen and oxygen atoms in total. The summed E-state index contributed by atoms with van der Waals surface area (Å²) in [6.07, 6.45) is 1.10. The Kier molecular flexibility index (Phi) is 2.64. The highest BCUT2D eigenvalue weighted by Gasteiger charge is 2.07. The van der Waals surface area contributed by atoms with Gasteiger partial charge in [0, 0.05) is 20.4 Å². The van der Waals surface area contributed by atoms with E-state index in [-0.39, 0.29) is 5.17 Å². The van der Waals surface area contributed by atoms with Gasteiger partial charge in [-0.3, -0.25) is 4.99 Å². The van der Waals surface area contributed by atoms with Gasteiger partial charge in [-0.1, -0.05) is 0 Å². The first-order chi connectivity index (χ1) is 4.02. The van der Waals surface area contributed by atoms with E-state index in [9.17, 15) is 8.42 Å². The molecule has 0 aromatic rings. The lowest BCUT2D eigenvalue weighted by molar-refractivity contribution is 0.611. The standard InChI is InChI=1S/C4H10N2O2S/c1-5-4(6-2)9(3,7)8/h1-3H3,(H,5,6). The maximum Gasteiger partial charge on any atom is 0.215 e. The lowest BCUT2D eigenvalue weighted by Crippen LogP contribution is -2.26. The smallest absolute Gasteiger partial charge is 0.215 e. The van der Waals surface area contributed by atoms with Crippen molar-refractivity contribution in [3.63, 3.8) is 0 Å². The number of rotatable bonds is 0. The van der Waals surface area contributed by atoms with E-state index in [4.69, 9.17) is 0 Å². The van der Waals surface area contributed by atoms with Crippen LogP contribution in [0, 0.1) is 0 Å². The SMILES string of the molecule is CN=C(NC)S(C)(=O)=O. The molecule has 0 rings (SSSR count). The van der Waals surface area contributed by atoms with Crippen molar-refractivity contribution in [3.05, 3.63) is 0 Å². The molecule has 9 heavy (non-hydrogen) atoms. The Morgan fingerprint density at radius 1 is 1.56 bits per heavy atom. The third kappa shape index (κ3) is 2.46. The van der Waals surface area contributed by atoms with E-state index >= 15 is 0 Å². The zero-order valence-corrected chi connectivity index (χ0v) is 6.49. The quantitative estimate of drug-likeness (QED) is 0.364. The molecule has 0 radical (unpaired) electrons. The summed E-state index contributed by atoms with van der Waals surface area (Å²) in [4.78, 5) is 3.50. The Morgan fingerprint density at radius 2 is 2.00 bits per heavy atom. The van der Waals surface area contributed by atoms with Crippen LogP contribution in [0.4, 0.5) is 0 Å². The summed E-state index contributed by atoms with van der Waals surface area (Å²) in [5, 5.41) is 2.47. The van der Waals surface area contributed by atoms with Crippen molar-refractivity contribution < 1.29 is 8.42 Å². The Balaban J connectivity index is 4.56. The summed E-state index contributed by atoms with van der Waals surface area (Å²) in [5.41, 5.74) is 0. The fraction of sp³-hybridized carbons (Fsp3) is 0.750. The lowest BCUT2D eigenvalue weighted by Gasteiger charge is -1.98. The van der Waals surface area contributed by atoms with Gasteiger partial charge in [-0.15, -0.1) is 0 Å². The van der Waals surface area contributed by atoms with Crippen LogP contribution in [0.5, 0.6) is 0 Å². The maximum atomic E-state index is 10.6. The van der Waals surface area contributed by atoms with Crippen molar-refractivity contribution in [3.8, 4) is 0 Å². The Bertz CT molecular complexity index is 205. The van der Waals surface area contributed by atoms with Gasteiger partial charge in [-0.05, 0) is 0 Å². The predicted molar refractivity (Wildman–Crippen MR) is 37.3 cm³/mol. The predicted octanol–water partition coefficient (Wildman–Crippen LogP) is -0.764. The summed E-state index contributed by atoms with van der Waals surface area (Å²) in [7, 11) is -0.185. The van der Waals surface area contributed by atoms with E-state index in [0.29, 0.717) is 0 Å². The van der Waals surface area contributed by atoms with Gasteiger partial charge in [0.05, 0.1) is 0 Å². The van der Waals surface area contributed by atoms with E-state index in [1.54, 1.807) is 0 Å². The number of hydrogen-bond donors (Lipinski definition) is 1. The minimum Gasteiger partial charge on any atom is -0.364 e. The van der Waals surface area contributed by atoms with E-state index in [1.165, 1.54) is 14.1 Å². The summed E-state index contributed by atoms with van der Waals surface area (Å²) in [6.45, 7) is 0. The molecule has 0 spiro atoms. The van der Waals surface area contributed by atoms with Crippen LogP contribution in [0.3, 0.4) is 0 Å². The first-order valence-corrected chi connectivity index (χ1v) is 4.26. The molecule has 0 bridgehead atoms. The fourth-order valence-electron chi connectivity index (χ4n) is 0.463. The molecule has 0 aliphatic carbocycles. The molecule has 0 aromatic heterocycles. The van der Waals surface area contributed by atoms with E-state index in [1.807, 2.05) is 0 Å². The van der Waals surface area contributed by atoms with Gasteiger partial charge in [0.1, 0.15) is 0 Å². The molecule has 0 saturated heterocycles. The van der Waals surface area contributed by atoms with E-state index < -0.39 is 9.84 Å². The van der Waals surface area contributed by atoms with E-state index in [2.05, 4.69) is 10.3 Å². The van der Waals surface area contributed by atoms with Crippen LogP contribution < -0.4 is 5.32 Å². The molecule has 0 aliphatic heterocycles. The number of hydrogen-bond acceptors (Lipinski definition) is 3. The van der Waals surface area contributed by atoms with Gasteiger partial charge < -0.3 is 5.32 Å². The van der Waals surface area contributed by atoms with Crippen molar-refractivity contribution in [2.45, 2.75) is 0 Å². The molecule has 0 fully saturated rings. The average molecular weight is 150 g/mol. The third-order valence-corrected chi connectivity index (χ3v) is 1.86. The summed E-state index contributed by atoms with van der Waals surface area (Å²) in [5.74, 6) is 0. The van der Waals surface area contributed by atoms with E-state index in [0.717, 1.165) is 6.26 Å². The van der Waals surface area contributed by atoms with Crippen LogP contribution in [0.15, 0.2) is 4.99 Å². The van der Waals surface area contributed by atoms with Gasteiger partial charge in [0.2, 0.25) is 15.0 Å². The number of nitrogens with one attached hydrogen (secondary N) is 1. The summed E-state index contributed by atoms with van der Waals surface area (Å²) < 4.78 is 21.2. The molecular formula is C4H10N2O2S. The molecule has 0 saturated carbocycles. The highest BCUT2D eigenvalue weighted by Crippen LogP contribution is 1.82. The molecule has 0 atom stereocenters. The Labute approximate surface area is 54.9 Å². The lowest BCUT2D eigenvalue weighted by atomic mass is 11.1. The first-order valence-electron chi connectivity index (χ1n) is 2.37. The molecule has 54 valence electrons. The largest absolute Gasteiger partial charge is 0.364 e. The minimum atomic E-state index is -3.13. The Morgan fingerprint density at radius 3 is 2.00 bits per heavy atom. The molecule has 1 N–H and O–H groups in total. The zero-order valence-electron chi connectivity index (χ0n) is 5.67. The highest BCUT2D eigenvalue weighted by molar-refractivity contribution is 8.05. The number of aliphatic imine (C=N–C) groups is 1. The van der Waals surface area contributed by atoms with Crippen molar-refractivity contribution in [2.75, 3.05) is 20.4 Å². The first kappa shape index (κ1) is 8.42. The second-order valence-electron chi connectivity index (χ2n) is 1.55. The topological polar surface area (TPSA) is 58.5 Å². The number of nitrogens with zero attached hydrogens (tertiary/aromatic N) is 1. The third-order valence-electron chi connectivity index (χ3n) is 0.768. The van der Waals surface area contributed by atoms with Crippen LogP contribution in [0.2, 0.25) is 0 Å². The number of amidine groups is 1. The van der Waals surface area contributed by atoms with Gasteiger partial charge in [0.25, 0.3) is 0 Å². The average Bonchev–Trinajstić information content (AvgIpc) is 1.65. The van der Waals surface area contributed by atoms with Crippen LogP contribution in [-0.4, -0.2) is 33.9 Å². The molecule has 0 aromatic carbocycles. The molecule has 5 heteroatoms. The molecule has 0 amide bonds. The second-order valence-corrected chi connectivity index (χ2v) is 3.48. The van der Waals surface area contributed by atoms with Crippen molar-refractivity contribution in [2.24, 2.45) is 4.99 Å². The van der Waals surface area contributed by atoms with Crippen molar-refractivity contribution in [1.82, 2.24) is 5.32 Å². The van der Waals surface area contributed by atoms with Gasteiger partial charge >= 0.3 is 0 Å². The van der Waals surface area contributed by atoms with Crippen molar-refractivity contribution in [1.29, 1.82) is 0 Å². The van der Waals surface area contributed by atoms with Gasteiger partial charge in [0.15, 0.2) is 0 Å². The number of sulfone groups is 1. The van der Waals surface area contributed by atoms with Crippen LogP contribution >= 0.6 is 0 Å². The monoisotopic (exact) mass is 150 g/mol. The Hall–Kier alpha value is -0.580. The van der Waals surface area contributed by atoms with Crippen LogP contribution in [0.25, 0.3) is 0 Å². The second kappa shape index (κ2) is 2.82. The van der Waals surface area contributed by atoms with Crippen LogP contribution in [-0.2, 0) is 9.84 Å². The molecular weight excluding hydrogens is 140 g/mol. The van der Waals surface area contributed by atoms with Gasteiger partial charge in [-0.2, -0.15) is 0 Å². The molecule has 0 unspecified atom stereocenters. The fourth-order valence-corrected chi connectivity index (χ4v) is 1.17. The van der Waals surface area contributed by atoms with Crippen molar-refractivity contribution >= 4 is 15.0 Å². The summed E-state index contributed by atoms with van der Waals surface area (Å²) >= 11 is 0.